The topological polar surface area (TPSA) is 29.3 Å². The molecule has 2 aromatic rings. The van der Waals surface area contributed by atoms with Gasteiger partial charge in [-0.15, -0.1) is 11.3 Å². The largest absolute Gasteiger partial charge is 0.372 e. The Kier molecular flexibility index (Phi) is 3.35. The van der Waals surface area contributed by atoms with Crippen LogP contribution in [0.3, 0.4) is 0 Å². The minimum absolute atomic E-state index is 0.0117. The summed E-state index contributed by atoms with van der Waals surface area (Å²) in [6.45, 7) is 2.38. The quantitative estimate of drug-likeness (QED) is 0.914. The number of anilines is 1. The number of benzene rings is 1. The van der Waals surface area contributed by atoms with Crippen molar-refractivity contribution < 1.29 is 0 Å². The summed E-state index contributed by atoms with van der Waals surface area (Å²) in [6, 6.07) is 12.9. The van der Waals surface area contributed by atoms with E-state index in [0.29, 0.717) is 0 Å². The number of rotatable bonds is 3. The first-order valence-corrected chi connectivity index (χ1v) is 7.36. The van der Waals surface area contributed by atoms with Crippen molar-refractivity contribution in [1.29, 1.82) is 0 Å². The molecule has 1 fully saturated rings. The molecule has 1 aromatic heterocycles. The van der Waals surface area contributed by atoms with Crippen molar-refractivity contribution in [3.8, 4) is 0 Å². The van der Waals surface area contributed by atoms with Crippen LogP contribution in [0.2, 0.25) is 0 Å². The average Bonchev–Trinajstić information content (AvgIpc) is 3.11. The van der Waals surface area contributed by atoms with E-state index in [0.717, 1.165) is 0 Å². The Labute approximate surface area is 112 Å². The molecule has 18 heavy (non-hydrogen) atoms. The predicted octanol–water partition coefficient (Wildman–Crippen LogP) is 3.40. The highest BCUT2D eigenvalue weighted by Gasteiger charge is 2.13. The van der Waals surface area contributed by atoms with Gasteiger partial charge in [0.2, 0.25) is 0 Å². The number of hydrogen-bond donors (Lipinski definition) is 1. The summed E-state index contributed by atoms with van der Waals surface area (Å²) >= 11 is 1.72. The molecule has 1 aromatic carbocycles. The number of hydrogen-bond acceptors (Lipinski definition) is 3. The number of nitrogens with zero attached hydrogens (tertiary/aromatic N) is 1. The van der Waals surface area contributed by atoms with Crippen molar-refractivity contribution in [1.82, 2.24) is 0 Å². The molecular weight excluding hydrogens is 240 g/mol. The molecule has 1 aliphatic rings. The van der Waals surface area contributed by atoms with Gasteiger partial charge in [0.1, 0.15) is 0 Å². The maximum Gasteiger partial charge on any atom is 0.0646 e. The fourth-order valence-corrected chi connectivity index (χ4v) is 3.25. The lowest BCUT2D eigenvalue weighted by molar-refractivity contribution is 0.890. The summed E-state index contributed by atoms with van der Waals surface area (Å²) in [5.41, 5.74) is 8.78. The van der Waals surface area contributed by atoms with Gasteiger partial charge in [0.15, 0.2) is 0 Å². The minimum Gasteiger partial charge on any atom is -0.372 e. The van der Waals surface area contributed by atoms with Crippen LogP contribution in [0.4, 0.5) is 5.69 Å². The van der Waals surface area contributed by atoms with Gasteiger partial charge in [0.25, 0.3) is 0 Å². The molecule has 2 heterocycles. The van der Waals surface area contributed by atoms with Crippen LogP contribution >= 0.6 is 11.3 Å². The van der Waals surface area contributed by atoms with Crippen LogP contribution in [0.25, 0.3) is 0 Å². The van der Waals surface area contributed by atoms with Gasteiger partial charge in [0.05, 0.1) is 6.04 Å². The molecule has 2 nitrogen and oxygen atoms in total. The van der Waals surface area contributed by atoms with Crippen molar-refractivity contribution in [3.05, 3.63) is 52.2 Å². The Hall–Kier alpha value is -1.32. The van der Waals surface area contributed by atoms with Crippen molar-refractivity contribution in [2.75, 3.05) is 18.0 Å². The van der Waals surface area contributed by atoms with E-state index in [1.165, 1.54) is 42.1 Å². The highest BCUT2D eigenvalue weighted by Crippen LogP contribution is 2.26. The lowest BCUT2D eigenvalue weighted by atomic mass is 10.1. The molecule has 2 N–H and O–H groups in total. The Balaban J connectivity index is 1.78. The van der Waals surface area contributed by atoms with E-state index in [1.807, 2.05) is 0 Å². The van der Waals surface area contributed by atoms with Crippen LogP contribution < -0.4 is 10.6 Å². The van der Waals surface area contributed by atoms with Gasteiger partial charge in [-0.1, -0.05) is 18.2 Å². The summed E-state index contributed by atoms with van der Waals surface area (Å²) in [4.78, 5) is 3.67. The maximum atomic E-state index is 6.26. The van der Waals surface area contributed by atoms with E-state index >= 15 is 0 Å². The summed E-state index contributed by atoms with van der Waals surface area (Å²) < 4.78 is 0. The van der Waals surface area contributed by atoms with Gasteiger partial charge in [-0.3, -0.25) is 0 Å². The van der Waals surface area contributed by atoms with Gasteiger partial charge in [-0.25, -0.2) is 0 Å². The third kappa shape index (κ3) is 2.28. The number of nitrogens with two attached hydrogens (primary N) is 1. The zero-order valence-corrected chi connectivity index (χ0v) is 11.2. The Morgan fingerprint density at radius 3 is 2.39 bits per heavy atom. The van der Waals surface area contributed by atoms with E-state index < -0.39 is 0 Å². The molecule has 1 aliphatic heterocycles. The van der Waals surface area contributed by atoms with Gasteiger partial charge >= 0.3 is 0 Å². The fourth-order valence-electron chi connectivity index (χ4n) is 2.50. The standard InChI is InChI=1S/C15H18N2S/c16-15(14-4-3-11-18-14)12-5-7-13(8-6-12)17-9-1-2-10-17/h3-8,11,15H,1-2,9-10,16H2/t15-/m1/s1. The lowest BCUT2D eigenvalue weighted by Crippen LogP contribution is -2.17. The van der Waals surface area contributed by atoms with Crippen LogP contribution in [0.5, 0.6) is 0 Å². The third-order valence-corrected chi connectivity index (χ3v) is 4.53. The maximum absolute atomic E-state index is 6.26. The van der Waals surface area contributed by atoms with Crippen LogP contribution in [-0.4, -0.2) is 13.1 Å². The van der Waals surface area contributed by atoms with Crippen LogP contribution in [-0.2, 0) is 0 Å². The molecule has 0 bridgehead atoms. The van der Waals surface area contributed by atoms with Gasteiger partial charge < -0.3 is 10.6 Å². The zero-order chi connectivity index (χ0) is 12.4. The third-order valence-electron chi connectivity index (χ3n) is 3.57. The Morgan fingerprint density at radius 1 is 1.06 bits per heavy atom. The molecule has 0 saturated carbocycles. The SMILES string of the molecule is N[C@H](c1ccc(N2CCCC2)cc1)c1cccs1. The first-order chi connectivity index (χ1) is 8.84. The molecule has 3 rings (SSSR count). The molecule has 0 radical (unpaired) electrons. The second kappa shape index (κ2) is 5.12. The molecule has 0 unspecified atom stereocenters. The van der Waals surface area contributed by atoms with Gasteiger partial charge in [-0.05, 0) is 42.0 Å². The van der Waals surface area contributed by atoms with E-state index in [9.17, 15) is 0 Å². The smallest absolute Gasteiger partial charge is 0.0646 e. The van der Waals surface area contributed by atoms with E-state index in [2.05, 4.69) is 46.7 Å². The van der Waals surface area contributed by atoms with Crippen LogP contribution in [0, 0.1) is 0 Å². The molecule has 0 aliphatic carbocycles. The molecule has 3 heteroatoms. The second-order valence-corrected chi connectivity index (χ2v) is 5.76. The normalized spacial score (nSPS) is 17.1. The highest BCUT2D eigenvalue weighted by molar-refractivity contribution is 7.10. The highest BCUT2D eigenvalue weighted by atomic mass is 32.1. The van der Waals surface area contributed by atoms with E-state index in [1.54, 1.807) is 11.3 Å². The van der Waals surface area contributed by atoms with Crippen molar-refractivity contribution in [2.45, 2.75) is 18.9 Å². The fraction of sp³-hybridized carbons (Fsp3) is 0.333. The summed E-state index contributed by atoms with van der Waals surface area (Å²) in [7, 11) is 0. The molecule has 0 amide bonds. The lowest BCUT2D eigenvalue weighted by Gasteiger charge is -2.18. The van der Waals surface area contributed by atoms with E-state index in [4.69, 9.17) is 5.73 Å². The molecule has 94 valence electrons. The van der Waals surface area contributed by atoms with Crippen molar-refractivity contribution in [3.63, 3.8) is 0 Å². The van der Waals surface area contributed by atoms with Crippen LogP contribution in [0.15, 0.2) is 41.8 Å². The summed E-state index contributed by atoms with van der Waals surface area (Å²) in [6.07, 6.45) is 2.63. The molecule has 0 spiro atoms. The minimum atomic E-state index is 0.0117. The summed E-state index contributed by atoms with van der Waals surface area (Å²) in [5.74, 6) is 0. The molecular formula is C15H18N2S. The predicted molar refractivity (Wildman–Crippen MR) is 78.2 cm³/mol. The first-order valence-electron chi connectivity index (χ1n) is 6.48. The molecule has 1 atom stereocenters. The Morgan fingerprint density at radius 2 is 1.78 bits per heavy atom. The van der Waals surface area contributed by atoms with Gasteiger partial charge in [0, 0.05) is 23.7 Å². The second-order valence-electron chi connectivity index (χ2n) is 4.78. The van der Waals surface area contributed by atoms with Crippen molar-refractivity contribution in [2.24, 2.45) is 5.73 Å². The monoisotopic (exact) mass is 258 g/mol. The van der Waals surface area contributed by atoms with Crippen LogP contribution in [0.1, 0.15) is 29.3 Å². The summed E-state index contributed by atoms with van der Waals surface area (Å²) in [5, 5.41) is 2.08. The average molecular weight is 258 g/mol. The van der Waals surface area contributed by atoms with Crippen molar-refractivity contribution >= 4 is 17.0 Å². The van der Waals surface area contributed by atoms with Gasteiger partial charge in [-0.2, -0.15) is 0 Å². The van der Waals surface area contributed by atoms with E-state index in [-0.39, 0.29) is 6.04 Å². The Bertz CT molecular complexity index is 484. The zero-order valence-electron chi connectivity index (χ0n) is 10.4. The molecule has 1 saturated heterocycles. The number of thiophene rings is 1. The first kappa shape index (κ1) is 11.8.